The number of rotatable bonds is 12. The number of ether oxygens (including phenoxy) is 1. The molecule has 74 heavy (non-hydrogen) atoms. The molecule has 0 unspecified atom stereocenters. The number of nitrogens with zero attached hydrogens (tertiary/aromatic N) is 11. The van der Waals surface area contributed by atoms with E-state index in [4.69, 9.17) is 33.0 Å². The van der Waals surface area contributed by atoms with Gasteiger partial charge in [-0.15, -0.1) is 0 Å². The second kappa shape index (κ2) is 25.6. The summed E-state index contributed by atoms with van der Waals surface area (Å²) in [6.07, 6.45) is 29.2. The highest BCUT2D eigenvalue weighted by atomic mass is 127. The monoisotopic (exact) mass is 1170 g/mol. The Labute approximate surface area is 447 Å². The molecule has 12 rings (SSSR count). The van der Waals surface area contributed by atoms with Crippen molar-refractivity contribution in [1.82, 2.24) is 58.6 Å². The molecular weight excluding hydrogens is 1120 g/mol. The minimum Gasteiger partial charge on any atom is -0.477 e. The van der Waals surface area contributed by atoms with Gasteiger partial charge in [0.15, 0.2) is 29.0 Å². The first-order chi connectivity index (χ1) is 35.2. The van der Waals surface area contributed by atoms with Gasteiger partial charge in [0.05, 0.1) is 94.4 Å². The minimum atomic E-state index is -1.18. The van der Waals surface area contributed by atoms with Crippen molar-refractivity contribution in [1.29, 1.82) is 0 Å². The fourth-order valence-electron chi connectivity index (χ4n) is 6.92. The summed E-state index contributed by atoms with van der Waals surface area (Å²) in [5.74, 6) is -1.18. The van der Waals surface area contributed by atoms with E-state index in [0.717, 1.165) is 86.3 Å². The van der Waals surface area contributed by atoms with Crippen molar-refractivity contribution >= 4 is 57.7 Å². The number of H-pyrrole nitrogens is 1. The average molecular weight is 1170 g/mol. The molecule has 8 aromatic rings. The third-order valence-corrected chi connectivity index (χ3v) is 12.8. The van der Waals surface area contributed by atoms with Crippen LogP contribution in [0.4, 0.5) is 17.6 Å². The first-order valence-electron chi connectivity index (χ1n) is 23.3. The number of halogens is 7. The summed E-state index contributed by atoms with van der Waals surface area (Å²) < 4.78 is 63.8. The van der Waals surface area contributed by atoms with Crippen molar-refractivity contribution in [3.05, 3.63) is 170 Å². The molecule has 0 aromatic carbocycles. The van der Waals surface area contributed by atoms with Crippen LogP contribution < -0.4 is 0 Å². The molecule has 0 aliphatic heterocycles. The number of carbonyl (C=O) groups is 2. The van der Waals surface area contributed by atoms with Gasteiger partial charge in [-0.25, -0.2) is 67.0 Å². The van der Waals surface area contributed by atoms with Crippen LogP contribution in [0.1, 0.15) is 146 Å². The van der Waals surface area contributed by atoms with Crippen molar-refractivity contribution in [3.63, 3.8) is 0 Å². The molecule has 0 spiro atoms. The summed E-state index contributed by atoms with van der Waals surface area (Å²) in [6.45, 7) is 2.36. The molecule has 8 heterocycles. The van der Waals surface area contributed by atoms with Crippen LogP contribution in [-0.2, 0) is 4.74 Å². The number of aromatic amines is 1. The SMILES string of the molecule is C.CCCCOC(=O)c1cc(-n2cnc(C3CC3)c2)c(F)cn1.Fc1cnc(Cl)cc1-n1cnc(C2CC2)c1.Fc1cnc(Cl)cc1I.O=C(O)c1cc(-n2cnc(C3CC3)c2)c(F)cn1.c1ncc(C2CC2)[nH]1. The normalized spacial score (nSPS) is 14.3. The van der Waals surface area contributed by atoms with Crippen molar-refractivity contribution in [2.45, 2.75) is 102 Å². The molecule has 0 saturated heterocycles. The Morgan fingerprint density at radius 3 is 1.49 bits per heavy atom. The van der Waals surface area contributed by atoms with Gasteiger partial charge in [-0.3, -0.25) is 0 Å². The van der Waals surface area contributed by atoms with Crippen molar-refractivity contribution < 1.29 is 37.0 Å². The van der Waals surface area contributed by atoms with Crippen molar-refractivity contribution in [2.75, 3.05) is 6.61 Å². The third kappa shape index (κ3) is 15.5. The summed E-state index contributed by atoms with van der Waals surface area (Å²) in [4.78, 5) is 57.0. The molecule has 0 atom stereocenters. The van der Waals surface area contributed by atoms with Crippen LogP contribution in [0.2, 0.25) is 10.3 Å². The maximum atomic E-state index is 14.0. The van der Waals surface area contributed by atoms with Gasteiger partial charge in [0, 0.05) is 60.2 Å². The standard InChI is InChI=1S/C16H18FN3O2.C12H10FN3O2.C11H9ClFN3.C6H8N2.C5H2ClFIN.CH4/c1-2-3-6-22-16(21)13-7-15(12(17)8-18-13)20-9-14(19-10-20)11-4-5-11;13-8-4-14-9(12(17)18)3-11(8)16-5-10(15-6-16)7-1-2-7;12-11-3-10(8(13)4-14-11)16-5-9(15-6-16)7-1-2-7;1-2-5(1)6-3-7-4-8-6;6-5-1-4(8)3(7)2-9-5;/h7-11H,2-6H2,1H3;3-7H,1-2H2,(H,17,18);3-7H,1-2H2;3-5H,1-2H2,(H,7,8);1-2H;1H4. The van der Waals surface area contributed by atoms with Gasteiger partial charge in [-0.2, -0.15) is 0 Å². The summed E-state index contributed by atoms with van der Waals surface area (Å²) in [7, 11) is 0. The molecule has 4 aliphatic rings. The fourth-order valence-corrected chi connectivity index (χ4v) is 7.85. The fraction of sp³-hybridized carbons (Fsp3) is 0.333. The lowest BCUT2D eigenvalue weighted by atomic mass is 10.3. The number of hydrogen-bond donors (Lipinski definition) is 2. The van der Waals surface area contributed by atoms with E-state index in [9.17, 15) is 27.2 Å². The largest absolute Gasteiger partial charge is 0.477 e. The number of nitrogens with one attached hydrogen (secondary N) is 1. The molecule has 4 fully saturated rings. The van der Waals surface area contributed by atoms with Crippen LogP contribution in [0.3, 0.4) is 0 Å². The highest BCUT2D eigenvalue weighted by molar-refractivity contribution is 14.1. The Bertz CT molecular complexity index is 3160. The van der Waals surface area contributed by atoms with Gasteiger partial charge in [-0.05, 0) is 98.6 Å². The first-order valence-corrected chi connectivity index (χ1v) is 25.2. The highest BCUT2D eigenvalue weighted by Gasteiger charge is 2.28. The maximum Gasteiger partial charge on any atom is 0.356 e. The molecule has 23 heteroatoms. The summed E-state index contributed by atoms with van der Waals surface area (Å²) in [6, 6.07) is 5.57. The van der Waals surface area contributed by atoms with Gasteiger partial charge >= 0.3 is 11.9 Å². The lowest BCUT2D eigenvalue weighted by molar-refractivity contribution is 0.0492. The number of pyridine rings is 4. The average Bonchev–Trinajstić information content (AvgIpc) is 4.32. The predicted molar refractivity (Wildman–Crippen MR) is 276 cm³/mol. The molecule has 388 valence electrons. The van der Waals surface area contributed by atoms with Crippen molar-refractivity contribution in [2.24, 2.45) is 0 Å². The number of aromatic carboxylic acids is 1. The summed E-state index contributed by atoms with van der Waals surface area (Å²) in [5, 5.41) is 9.44. The van der Waals surface area contributed by atoms with E-state index in [2.05, 4.69) is 44.9 Å². The minimum absolute atomic E-state index is 0. The molecule has 8 aromatic heterocycles. The van der Waals surface area contributed by atoms with Crippen LogP contribution in [-0.4, -0.2) is 82.2 Å². The number of carbonyl (C=O) groups excluding carboxylic acids is 1. The summed E-state index contributed by atoms with van der Waals surface area (Å²) in [5.41, 5.74) is 4.93. The molecule has 16 nitrogen and oxygen atoms in total. The Kier molecular flexibility index (Phi) is 19.1. The van der Waals surface area contributed by atoms with Crippen LogP contribution in [0.25, 0.3) is 17.1 Å². The van der Waals surface area contributed by atoms with Gasteiger partial charge in [0.2, 0.25) is 0 Å². The molecule has 4 aliphatic carbocycles. The van der Waals surface area contributed by atoms with Crippen LogP contribution in [0, 0.1) is 26.8 Å². The zero-order valence-electron chi connectivity index (χ0n) is 39.1. The number of esters is 1. The number of aromatic nitrogens is 12. The van der Waals surface area contributed by atoms with Crippen LogP contribution in [0.5, 0.6) is 0 Å². The zero-order chi connectivity index (χ0) is 51.6. The van der Waals surface area contributed by atoms with Gasteiger partial charge < -0.3 is 28.5 Å². The quantitative estimate of drug-likeness (QED) is 0.0386. The molecule has 0 bridgehead atoms. The Morgan fingerprint density at radius 2 is 1.07 bits per heavy atom. The van der Waals surface area contributed by atoms with E-state index in [1.807, 2.05) is 48.1 Å². The number of carboxylic acid groups (broad SMARTS) is 1. The number of imidazole rings is 4. The number of hydrogen-bond acceptors (Lipinski definition) is 11. The maximum absolute atomic E-state index is 14.0. The summed E-state index contributed by atoms with van der Waals surface area (Å²) >= 11 is 13.0. The Morgan fingerprint density at radius 1 is 0.635 bits per heavy atom. The predicted octanol–water partition coefficient (Wildman–Crippen LogP) is 12.6. The zero-order valence-corrected chi connectivity index (χ0v) is 42.7. The van der Waals surface area contributed by atoms with Crippen LogP contribution in [0.15, 0.2) is 99.1 Å². The Balaban J connectivity index is 0.000000140. The molecule has 0 radical (unpaired) electrons. The third-order valence-electron chi connectivity index (χ3n) is 11.6. The Hall–Kier alpha value is -6.59. The molecular formula is C51H51Cl2F4IN12O4. The smallest absolute Gasteiger partial charge is 0.356 e. The van der Waals surface area contributed by atoms with E-state index in [0.29, 0.717) is 38.8 Å². The first kappa shape index (κ1) is 55.2. The van der Waals surface area contributed by atoms with E-state index in [-0.39, 0.29) is 41.2 Å². The van der Waals surface area contributed by atoms with Crippen molar-refractivity contribution in [3.8, 4) is 17.1 Å². The highest BCUT2D eigenvalue weighted by Crippen LogP contribution is 2.41. The van der Waals surface area contributed by atoms with Gasteiger partial charge in [-0.1, -0.05) is 44.0 Å². The van der Waals surface area contributed by atoms with Crippen LogP contribution >= 0.6 is 45.8 Å². The lowest BCUT2D eigenvalue weighted by Crippen LogP contribution is -2.10. The molecule has 2 N–H and O–H groups in total. The van der Waals surface area contributed by atoms with Gasteiger partial charge in [0.1, 0.15) is 16.0 Å². The topological polar surface area (TPSA) is 197 Å². The van der Waals surface area contributed by atoms with E-state index in [1.165, 1.54) is 66.5 Å². The molecule has 4 saturated carbocycles. The lowest BCUT2D eigenvalue weighted by Gasteiger charge is -2.07. The van der Waals surface area contributed by atoms with E-state index >= 15 is 0 Å². The van der Waals surface area contributed by atoms with E-state index in [1.54, 1.807) is 34.3 Å². The molecule has 0 amide bonds. The second-order valence-electron chi connectivity index (χ2n) is 17.4. The second-order valence-corrected chi connectivity index (χ2v) is 19.4. The number of unbranched alkanes of at least 4 members (excludes halogenated alkanes) is 1. The van der Waals surface area contributed by atoms with Gasteiger partial charge in [0.25, 0.3) is 0 Å². The van der Waals surface area contributed by atoms with E-state index < -0.39 is 29.4 Å². The number of carboxylic acids is 1.